The average molecular weight is 234 g/mol. The van der Waals surface area contributed by atoms with Crippen LogP contribution in [-0.2, 0) is 6.54 Å². The van der Waals surface area contributed by atoms with E-state index in [0.29, 0.717) is 12.1 Å². The topological polar surface area (TPSA) is 81.1 Å². The number of benzene rings is 1. The number of carbonyl (C=O) groups excluding carboxylic acids is 1. The number of nitrogens with one attached hydrogen (secondary N) is 1. The van der Waals surface area contributed by atoms with Gasteiger partial charge in [0.1, 0.15) is 0 Å². The second kappa shape index (κ2) is 7.81. The lowest BCUT2D eigenvalue weighted by Gasteiger charge is -2.07. The predicted octanol–water partition coefficient (Wildman–Crippen LogP) is 0.818. The van der Waals surface area contributed by atoms with Crippen molar-refractivity contribution >= 4 is 5.91 Å². The third-order valence-electron chi connectivity index (χ3n) is 2.50. The summed E-state index contributed by atoms with van der Waals surface area (Å²) in [4.78, 5) is 11.2. The highest BCUT2D eigenvalue weighted by Crippen LogP contribution is 2.07. The molecule has 0 saturated carbocycles. The van der Waals surface area contributed by atoms with Crippen LogP contribution in [0.25, 0.3) is 0 Å². The minimum absolute atomic E-state index is 0.380. The molecule has 4 heteroatoms. The lowest BCUT2D eigenvalue weighted by molar-refractivity contribution is 0.0999. The molecule has 0 aliphatic rings. The number of unbranched alkanes of at least 4 members (excludes halogenated alkanes) is 2. The first-order chi connectivity index (χ1) is 8.25. The standard InChI is InChI=1S/C13H20N3O/c14-8-4-1-5-9-16-10-11-6-2-3-7-12(11)13(15)17/h2-3,5-7,16H,1,4,8-10,14H2,(H2,15,17). The fourth-order valence-electron chi connectivity index (χ4n) is 1.59. The Hall–Kier alpha value is -1.39. The number of amides is 1. The molecule has 1 rings (SSSR count). The monoisotopic (exact) mass is 234 g/mol. The lowest BCUT2D eigenvalue weighted by Crippen LogP contribution is -2.20. The molecular formula is C13H20N3O. The van der Waals surface area contributed by atoms with Gasteiger partial charge in [-0.25, -0.2) is 0 Å². The zero-order valence-electron chi connectivity index (χ0n) is 9.99. The minimum Gasteiger partial charge on any atom is -0.366 e. The maximum Gasteiger partial charge on any atom is 0.249 e. The Bertz CT molecular complexity index is 352. The molecule has 0 saturated heterocycles. The van der Waals surface area contributed by atoms with Gasteiger partial charge in [-0.15, -0.1) is 0 Å². The molecule has 1 aromatic carbocycles. The van der Waals surface area contributed by atoms with Gasteiger partial charge in [0, 0.05) is 12.1 Å². The van der Waals surface area contributed by atoms with Crippen LogP contribution in [0.15, 0.2) is 24.3 Å². The zero-order chi connectivity index (χ0) is 12.5. The van der Waals surface area contributed by atoms with E-state index in [1.807, 2.05) is 18.2 Å². The van der Waals surface area contributed by atoms with Gasteiger partial charge in [-0.3, -0.25) is 4.79 Å². The van der Waals surface area contributed by atoms with E-state index in [1.165, 1.54) is 0 Å². The number of hydrogen-bond donors (Lipinski definition) is 3. The summed E-state index contributed by atoms with van der Waals surface area (Å²) in [6.07, 6.45) is 4.18. The summed E-state index contributed by atoms with van der Waals surface area (Å²) in [5.41, 5.74) is 12.2. The number of carbonyl (C=O) groups is 1. The van der Waals surface area contributed by atoms with E-state index in [4.69, 9.17) is 11.5 Å². The highest BCUT2D eigenvalue weighted by Gasteiger charge is 2.05. The maximum atomic E-state index is 11.2. The Labute approximate surface area is 102 Å². The van der Waals surface area contributed by atoms with Crippen molar-refractivity contribution in [3.63, 3.8) is 0 Å². The molecule has 0 fully saturated rings. The Kier molecular flexibility index (Phi) is 6.29. The zero-order valence-corrected chi connectivity index (χ0v) is 9.99. The number of primary amides is 1. The van der Waals surface area contributed by atoms with E-state index >= 15 is 0 Å². The van der Waals surface area contributed by atoms with Crippen LogP contribution >= 0.6 is 0 Å². The van der Waals surface area contributed by atoms with Crippen LogP contribution in [0.4, 0.5) is 0 Å². The van der Waals surface area contributed by atoms with Gasteiger partial charge in [0.05, 0.1) is 0 Å². The van der Waals surface area contributed by atoms with Crippen LogP contribution in [0, 0.1) is 6.42 Å². The quantitative estimate of drug-likeness (QED) is 0.582. The van der Waals surface area contributed by atoms with E-state index in [9.17, 15) is 4.79 Å². The van der Waals surface area contributed by atoms with Crippen molar-refractivity contribution in [3.05, 3.63) is 41.8 Å². The Morgan fingerprint density at radius 3 is 2.82 bits per heavy atom. The third kappa shape index (κ3) is 4.97. The van der Waals surface area contributed by atoms with Gasteiger partial charge in [0.25, 0.3) is 0 Å². The van der Waals surface area contributed by atoms with Crippen LogP contribution in [0.3, 0.4) is 0 Å². The van der Waals surface area contributed by atoms with Crippen molar-refractivity contribution in [2.75, 3.05) is 13.1 Å². The fraction of sp³-hybridized carbons (Fsp3) is 0.385. The summed E-state index contributed by atoms with van der Waals surface area (Å²) in [5, 5.41) is 3.25. The van der Waals surface area contributed by atoms with Gasteiger partial charge in [-0.1, -0.05) is 18.2 Å². The minimum atomic E-state index is -0.380. The Morgan fingerprint density at radius 1 is 1.35 bits per heavy atom. The molecule has 0 spiro atoms. The first-order valence-electron chi connectivity index (χ1n) is 5.86. The van der Waals surface area contributed by atoms with Crippen LogP contribution in [-0.4, -0.2) is 19.0 Å². The van der Waals surface area contributed by atoms with Gasteiger partial charge in [0.15, 0.2) is 0 Å². The van der Waals surface area contributed by atoms with Crippen molar-refractivity contribution in [2.24, 2.45) is 11.5 Å². The second-order valence-corrected chi connectivity index (χ2v) is 3.87. The van der Waals surface area contributed by atoms with Gasteiger partial charge in [0.2, 0.25) is 5.91 Å². The molecule has 0 aliphatic carbocycles. The van der Waals surface area contributed by atoms with Gasteiger partial charge < -0.3 is 16.8 Å². The molecule has 5 N–H and O–H groups in total. The SMILES string of the molecule is NCCC[CH]CNCc1ccccc1C(N)=O. The predicted molar refractivity (Wildman–Crippen MR) is 69.3 cm³/mol. The van der Waals surface area contributed by atoms with Gasteiger partial charge in [-0.2, -0.15) is 0 Å². The molecule has 93 valence electrons. The van der Waals surface area contributed by atoms with Crippen molar-refractivity contribution in [3.8, 4) is 0 Å². The van der Waals surface area contributed by atoms with Crippen LogP contribution in [0.1, 0.15) is 28.8 Å². The molecular weight excluding hydrogens is 214 g/mol. The van der Waals surface area contributed by atoms with Crippen LogP contribution < -0.4 is 16.8 Å². The van der Waals surface area contributed by atoms with E-state index in [-0.39, 0.29) is 5.91 Å². The molecule has 1 aromatic rings. The molecule has 0 heterocycles. The van der Waals surface area contributed by atoms with Gasteiger partial charge >= 0.3 is 0 Å². The summed E-state index contributed by atoms with van der Waals surface area (Å²) in [7, 11) is 0. The Balaban J connectivity index is 2.34. The number of rotatable bonds is 8. The molecule has 0 aromatic heterocycles. The normalized spacial score (nSPS) is 10.4. The van der Waals surface area contributed by atoms with Crippen LogP contribution in [0.2, 0.25) is 0 Å². The first-order valence-corrected chi connectivity index (χ1v) is 5.86. The molecule has 0 bridgehead atoms. The molecule has 0 unspecified atom stereocenters. The highest BCUT2D eigenvalue weighted by atomic mass is 16.1. The summed E-state index contributed by atoms with van der Waals surface area (Å²) in [5.74, 6) is -0.380. The van der Waals surface area contributed by atoms with E-state index < -0.39 is 0 Å². The molecule has 1 radical (unpaired) electrons. The molecule has 4 nitrogen and oxygen atoms in total. The van der Waals surface area contributed by atoms with Crippen molar-refractivity contribution in [2.45, 2.75) is 19.4 Å². The molecule has 0 atom stereocenters. The second-order valence-electron chi connectivity index (χ2n) is 3.87. The third-order valence-corrected chi connectivity index (χ3v) is 2.50. The molecule has 0 aliphatic heterocycles. The van der Waals surface area contributed by atoms with Gasteiger partial charge in [-0.05, 0) is 44.0 Å². The Morgan fingerprint density at radius 2 is 2.12 bits per heavy atom. The summed E-state index contributed by atoms with van der Waals surface area (Å²) in [6.45, 7) is 2.19. The van der Waals surface area contributed by atoms with E-state index in [1.54, 1.807) is 6.07 Å². The molecule has 1 amide bonds. The highest BCUT2D eigenvalue weighted by molar-refractivity contribution is 5.94. The smallest absolute Gasteiger partial charge is 0.249 e. The van der Waals surface area contributed by atoms with Crippen molar-refractivity contribution in [1.82, 2.24) is 5.32 Å². The van der Waals surface area contributed by atoms with Crippen LogP contribution in [0.5, 0.6) is 0 Å². The average Bonchev–Trinajstić information content (AvgIpc) is 2.34. The summed E-state index contributed by atoms with van der Waals surface area (Å²) in [6, 6.07) is 7.38. The van der Waals surface area contributed by atoms with Crippen molar-refractivity contribution in [1.29, 1.82) is 0 Å². The lowest BCUT2D eigenvalue weighted by atomic mass is 10.1. The summed E-state index contributed by atoms with van der Waals surface area (Å²) < 4.78 is 0. The largest absolute Gasteiger partial charge is 0.366 e. The number of hydrogen-bond acceptors (Lipinski definition) is 3. The molecule has 17 heavy (non-hydrogen) atoms. The van der Waals surface area contributed by atoms with E-state index in [0.717, 1.165) is 31.5 Å². The summed E-state index contributed by atoms with van der Waals surface area (Å²) >= 11 is 0. The number of nitrogens with two attached hydrogens (primary N) is 2. The fourth-order valence-corrected chi connectivity index (χ4v) is 1.59. The van der Waals surface area contributed by atoms with Crippen molar-refractivity contribution < 1.29 is 4.79 Å². The maximum absolute atomic E-state index is 11.2. The van der Waals surface area contributed by atoms with E-state index in [2.05, 4.69) is 11.7 Å². The first kappa shape index (κ1) is 13.7.